The molecular formula is C13H18BrFN2O2S. The van der Waals surface area contributed by atoms with E-state index in [1.807, 2.05) is 6.92 Å². The second kappa shape index (κ2) is 6.51. The Kier molecular flexibility index (Phi) is 5.17. The number of benzene rings is 1. The van der Waals surface area contributed by atoms with Gasteiger partial charge in [0.2, 0.25) is 10.0 Å². The predicted molar refractivity (Wildman–Crippen MR) is 79.6 cm³/mol. The molecule has 0 aliphatic carbocycles. The molecule has 112 valence electrons. The minimum Gasteiger partial charge on any atom is -0.313 e. The maximum atomic E-state index is 13.1. The molecule has 1 fully saturated rings. The Hall–Kier alpha value is -0.500. The summed E-state index contributed by atoms with van der Waals surface area (Å²) in [5.41, 5.74) is 0. The van der Waals surface area contributed by atoms with Crippen molar-refractivity contribution in [1.82, 2.24) is 9.62 Å². The highest BCUT2D eigenvalue weighted by Gasteiger charge is 2.28. The molecule has 20 heavy (non-hydrogen) atoms. The average Bonchev–Trinajstić information content (AvgIpc) is 2.88. The lowest BCUT2D eigenvalue weighted by molar-refractivity contribution is 0.382. The third-order valence-electron chi connectivity index (χ3n) is 3.45. The van der Waals surface area contributed by atoms with Crippen molar-refractivity contribution in [3.63, 3.8) is 0 Å². The SMILES string of the molecule is CCN(CC1CCCN1)S(=O)(=O)c1ccc(F)cc1Br. The lowest BCUT2D eigenvalue weighted by Crippen LogP contribution is -2.41. The number of rotatable bonds is 5. The Labute approximate surface area is 127 Å². The van der Waals surface area contributed by atoms with Crippen LogP contribution in [-0.2, 0) is 10.0 Å². The number of nitrogens with one attached hydrogen (secondary N) is 1. The molecule has 2 rings (SSSR count). The van der Waals surface area contributed by atoms with Crippen molar-refractivity contribution in [3.05, 3.63) is 28.5 Å². The molecule has 1 unspecified atom stereocenters. The van der Waals surface area contributed by atoms with Crippen LogP contribution in [0.4, 0.5) is 4.39 Å². The van der Waals surface area contributed by atoms with Crippen molar-refractivity contribution in [2.75, 3.05) is 19.6 Å². The van der Waals surface area contributed by atoms with Crippen molar-refractivity contribution < 1.29 is 12.8 Å². The van der Waals surface area contributed by atoms with Crippen molar-refractivity contribution in [2.24, 2.45) is 0 Å². The van der Waals surface area contributed by atoms with Gasteiger partial charge in [-0.15, -0.1) is 0 Å². The first kappa shape index (κ1) is 15.9. The van der Waals surface area contributed by atoms with Gasteiger partial charge in [-0.25, -0.2) is 12.8 Å². The van der Waals surface area contributed by atoms with Gasteiger partial charge in [0.15, 0.2) is 0 Å². The predicted octanol–water partition coefficient (Wildman–Crippen LogP) is 2.35. The highest BCUT2D eigenvalue weighted by Crippen LogP contribution is 2.26. The summed E-state index contributed by atoms with van der Waals surface area (Å²) in [5, 5.41) is 3.29. The summed E-state index contributed by atoms with van der Waals surface area (Å²) in [7, 11) is -3.61. The quantitative estimate of drug-likeness (QED) is 0.872. The Morgan fingerprint density at radius 3 is 2.80 bits per heavy atom. The second-order valence-corrected chi connectivity index (χ2v) is 7.58. The van der Waals surface area contributed by atoms with Crippen molar-refractivity contribution in [1.29, 1.82) is 0 Å². The van der Waals surface area contributed by atoms with Gasteiger partial charge in [0, 0.05) is 23.6 Å². The van der Waals surface area contributed by atoms with Gasteiger partial charge in [0.25, 0.3) is 0 Å². The normalized spacial score (nSPS) is 19.7. The van der Waals surface area contributed by atoms with E-state index in [-0.39, 0.29) is 15.4 Å². The monoisotopic (exact) mass is 364 g/mol. The van der Waals surface area contributed by atoms with E-state index in [2.05, 4.69) is 21.2 Å². The van der Waals surface area contributed by atoms with Crippen LogP contribution in [0.5, 0.6) is 0 Å². The molecule has 0 spiro atoms. The minimum absolute atomic E-state index is 0.110. The van der Waals surface area contributed by atoms with Gasteiger partial charge in [0.1, 0.15) is 5.82 Å². The molecule has 1 heterocycles. The number of hydrogen-bond acceptors (Lipinski definition) is 3. The second-order valence-electron chi connectivity index (χ2n) is 4.82. The van der Waals surface area contributed by atoms with Gasteiger partial charge in [-0.2, -0.15) is 4.31 Å². The third kappa shape index (κ3) is 3.39. The van der Waals surface area contributed by atoms with Crippen LogP contribution < -0.4 is 5.32 Å². The topological polar surface area (TPSA) is 49.4 Å². The third-order valence-corrected chi connectivity index (χ3v) is 6.37. The standard InChI is InChI=1S/C13H18BrFN2O2S/c1-2-17(9-11-4-3-7-16-11)20(18,19)13-6-5-10(15)8-12(13)14/h5-6,8,11,16H,2-4,7,9H2,1H3. The van der Waals surface area contributed by atoms with Crippen LogP contribution in [0.25, 0.3) is 0 Å². The smallest absolute Gasteiger partial charge is 0.244 e. The van der Waals surface area contributed by atoms with Crippen molar-refractivity contribution in [3.8, 4) is 0 Å². The van der Waals surface area contributed by atoms with E-state index >= 15 is 0 Å². The Morgan fingerprint density at radius 2 is 2.25 bits per heavy atom. The first-order valence-electron chi connectivity index (χ1n) is 6.63. The average molecular weight is 365 g/mol. The van der Waals surface area contributed by atoms with Crippen molar-refractivity contribution in [2.45, 2.75) is 30.7 Å². The van der Waals surface area contributed by atoms with Crippen LogP contribution in [0.3, 0.4) is 0 Å². The molecule has 0 amide bonds. The van der Waals surface area contributed by atoms with Crippen LogP contribution in [-0.4, -0.2) is 38.4 Å². The first-order chi connectivity index (χ1) is 9.45. The molecule has 1 aliphatic rings. The molecule has 0 radical (unpaired) electrons. The maximum Gasteiger partial charge on any atom is 0.244 e. The molecule has 0 aromatic heterocycles. The zero-order chi connectivity index (χ0) is 14.8. The number of halogens is 2. The van der Waals surface area contributed by atoms with E-state index in [1.54, 1.807) is 0 Å². The van der Waals surface area contributed by atoms with Crippen LogP contribution >= 0.6 is 15.9 Å². The van der Waals surface area contributed by atoms with E-state index in [0.717, 1.165) is 19.4 Å². The molecular weight excluding hydrogens is 347 g/mol. The van der Waals surface area contributed by atoms with Gasteiger partial charge in [-0.3, -0.25) is 0 Å². The zero-order valence-corrected chi connectivity index (χ0v) is 13.7. The number of nitrogens with zero attached hydrogens (tertiary/aromatic N) is 1. The summed E-state index contributed by atoms with van der Waals surface area (Å²) in [6.45, 7) is 3.58. The molecule has 1 aliphatic heterocycles. The summed E-state index contributed by atoms with van der Waals surface area (Å²) < 4.78 is 40.1. The van der Waals surface area contributed by atoms with Gasteiger partial charge in [-0.1, -0.05) is 6.92 Å². The molecule has 1 aromatic carbocycles. The first-order valence-corrected chi connectivity index (χ1v) is 8.87. The van der Waals surface area contributed by atoms with E-state index in [4.69, 9.17) is 0 Å². The largest absolute Gasteiger partial charge is 0.313 e. The highest BCUT2D eigenvalue weighted by molar-refractivity contribution is 9.10. The lowest BCUT2D eigenvalue weighted by Gasteiger charge is -2.24. The Morgan fingerprint density at radius 1 is 1.50 bits per heavy atom. The summed E-state index contributed by atoms with van der Waals surface area (Å²) in [5.74, 6) is -0.462. The van der Waals surface area contributed by atoms with E-state index in [9.17, 15) is 12.8 Å². The maximum absolute atomic E-state index is 13.1. The van der Waals surface area contributed by atoms with Crippen LogP contribution in [0, 0.1) is 5.82 Å². The molecule has 1 aromatic rings. The molecule has 7 heteroatoms. The van der Waals surface area contributed by atoms with Crippen molar-refractivity contribution >= 4 is 26.0 Å². The molecule has 1 N–H and O–H groups in total. The number of likely N-dealkylation sites (N-methyl/N-ethyl adjacent to an activating group) is 1. The molecule has 0 bridgehead atoms. The number of hydrogen-bond donors (Lipinski definition) is 1. The fraction of sp³-hybridized carbons (Fsp3) is 0.538. The summed E-state index contributed by atoms with van der Waals surface area (Å²) in [6.07, 6.45) is 2.05. The Bertz CT molecular complexity index is 574. The van der Waals surface area contributed by atoms with E-state index in [0.29, 0.717) is 13.1 Å². The van der Waals surface area contributed by atoms with Crippen LogP contribution in [0.1, 0.15) is 19.8 Å². The number of sulfonamides is 1. The van der Waals surface area contributed by atoms with Gasteiger partial charge < -0.3 is 5.32 Å². The summed E-state index contributed by atoms with van der Waals surface area (Å²) in [4.78, 5) is 0.110. The Balaban J connectivity index is 2.26. The zero-order valence-electron chi connectivity index (χ0n) is 11.3. The molecule has 4 nitrogen and oxygen atoms in total. The fourth-order valence-electron chi connectivity index (χ4n) is 2.38. The van der Waals surface area contributed by atoms with Gasteiger partial charge in [-0.05, 0) is 53.5 Å². The molecule has 1 atom stereocenters. The van der Waals surface area contributed by atoms with Crippen LogP contribution in [0.2, 0.25) is 0 Å². The van der Waals surface area contributed by atoms with Gasteiger partial charge >= 0.3 is 0 Å². The highest BCUT2D eigenvalue weighted by atomic mass is 79.9. The van der Waals surface area contributed by atoms with E-state index in [1.165, 1.54) is 22.5 Å². The summed E-state index contributed by atoms with van der Waals surface area (Å²) >= 11 is 3.13. The lowest BCUT2D eigenvalue weighted by atomic mass is 10.2. The molecule has 0 saturated carbocycles. The van der Waals surface area contributed by atoms with E-state index < -0.39 is 15.8 Å². The van der Waals surface area contributed by atoms with Crippen LogP contribution in [0.15, 0.2) is 27.6 Å². The minimum atomic E-state index is -3.61. The summed E-state index contributed by atoms with van der Waals surface area (Å²) in [6, 6.07) is 3.84. The fourth-order valence-corrected chi connectivity index (χ4v) is 4.88. The molecule has 1 saturated heterocycles. The van der Waals surface area contributed by atoms with Gasteiger partial charge in [0.05, 0.1) is 4.90 Å².